The molecule has 37 heavy (non-hydrogen) atoms. The number of esters is 2. The summed E-state index contributed by atoms with van der Waals surface area (Å²) in [4.78, 5) is 40.9. The van der Waals surface area contributed by atoms with E-state index >= 15 is 0 Å². The van der Waals surface area contributed by atoms with Gasteiger partial charge in [-0.1, -0.05) is 32.9 Å². The normalized spacial score (nSPS) is 39.2. The number of ketones is 1. The molecular formula is C29H41NO7. The molecule has 4 aliphatic rings. The van der Waals surface area contributed by atoms with Gasteiger partial charge in [0.25, 0.3) is 0 Å². The molecule has 8 nitrogen and oxygen atoms in total. The highest BCUT2D eigenvalue weighted by Gasteiger charge is 2.87. The quantitative estimate of drug-likeness (QED) is 0.327. The Morgan fingerprint density at radius 3 is 2.27 bits per heavy atom. The number of likely N-dealkylation sites (N-methyl/N-ethyl adjacent to an activating group) is 1. The summed E-state index contributed by atoms with van der Waals surface area (Å²) >= 11 is 0. The van der Waals surface area contributed by atoms with Crippen LogP contribution < -0.4 is 0 Å². The van der Waals surface area contributed by atoms with Gasteiger partial charge in [0, 0.05) is 56.0 Å². The van der Waals surface area contributed by atoms with Gasteiger partial charge in [-0.25, -0.2) is 4.79 Å². The number of rotatable bonds is 5. The average molecular weight is 516 g/mol. The average Bonchev–Trinajstić information content (AvgIpc) is 3.17. The first-order valence-corrected chi connectivity index (χ1v) is 13.1. The summed E-state index contributed by atoms with van der Waals surface area (Å²) in [5, 5.41) is 22.9. The molecule has 8 unspecified atom stereocenters. The SMILES string of the molecule is CC(=O)OC12C(OC(=O)C(=C(C)C)N(C)C)C(C)C3(O)C4C=C(C)C(=O)C4CC(CO)=CC3C1C2(C)C. The largest absolute Gasteiger partial charge is 0.454 e. The predicted octanol–water partition coefficient (Wildman–Crippen LogP) is 2.79. The van der Waals surface area contributed by atoms with Crippen LogP contribution in [0.4, 0.5) is 0 Å². The van der Waals surface area contributed by atoms with Gasteiger partial charge in [0.2, 0.25) is 0 Å². The van der Waals surface area contributed by atoms with Crippen LogP contribution in [-0.2, 0) is 23.9 Å². The van der Waals surface area contributed by atoms with E-state index < -0.39 is 58.3 Å². The van der Waals surface area contributed by atoms with Crippen LogP contribution in [0.3, 0.4) is 0 Å². The summed E-state index contributed by atoms with van der Waals surface area (Å²) < 4.78 is 12.3. The van der Waals surface area contributed by atoms with E-state index in [1.807, 2.05) is 46.8 Å². The van der Waals surface area contributed by atoms with Gasteiger partial charge in [-0.3, -0.25) is 9.59 Å². The van der Waals surface area contributed by atoms with E-state index in [2.05, 4.69) is 0 Å². The molecule has 0 amide bonds. The van der Waals surface area contributed by atoms with Crippen LogP contribution in [0.5, 0.6) is 0 Å². The van der Waals surface area contributed by atoms with Crippen LogP contribution >= 0.6 is 0 Å². The summed E-state index contributed by atoms with van der Waals surface area (Å²) in [6.45, 7) is 12.3. The van der Waals surface area contributed by atoms with Crippen molar-refractivity contribution in [2.75, 3.05) is 20.7 Å². The smallest absolute Gasteiger partial charge is 0.354 e. The molecule has 204 valence electrons. The van der Waals surface area contributed by atoms with Crippen LogP contribution in [-0.4, -0.2) is 70.8 Å². The molecule has 8 heteroatoms. The molecule has 0 heterocycles. The number of carbonyl (C=O) groups is 3. The van der Waals surface area contributed by atoms with Gasteiger partial charge in [0.15, 0.2) is 11.4 Å². The van der Waals surface area contributed by atoms with Crippen molar-refractivity contribution >= 4 is 17.7 Å². The van der Waals surface area contributed by atoms with Crippen molar-refractivity contribution < 1.29 is 34.1 Å². The Kier molecular flexibility index (Phi) is 6.56. The summed E-state index contributed by atoms with van der Waals surface area (Å²) in [5.74, 6) is -3.70. The minimum absolute atomic E-state index is 0.0366. The predicted molar refractivity (Wildman–Crippen MR) is 137 cm³/mol. The third-order valence-electron chi connectivity index (χ3n) is 9.55. The number of fused-ring (bicyclic) bond motifs is 5. The van der Waals surface area contributed by atoms with Crippen LogP contribution in [0.1, 0.15) is 54.9 Å². The Morgan fingerprint density at radius 2 is 1.76 bits per heavy atom. The maximum Gasteiger partial charge on any atom is 0.354 e. The second kappa shape index (κ2) is 8.80. The number of ether oxygens (including phenoxy) is 2. The molecule has 2 saturated carbocycles. The fraction of sp³-hybridized carbons (Fsp3) is 0.690. The molecule has 8 atom stereocenters. The Hall–Kier alpha value is -2.45. The Labute approximate surface area is 219 Å². The van der Waals surface area contributed by atoms with E-state index in [0.717, 1.165) is 5.57 Å². The third kappa shape index (κ3) is 3.66. The fourth-order valence-corrected chi connectivity index (χ4v) is 8.00. The highest BCUT2D eigenvalue weighted by atomic mass is 16.6. The molecular weight excluding hydrogens is 474 g/mol. The van der Waals surface area contributed by atoms with Crippen LogP contribution in [0, 0.1) is 35.0 Å². The molecule has 0 saturated heterocycles. The molecule has 0 radical (unpaired) electrons. The zero-order valence-corrected chi connectivity index (χ0v) is 23.4. The van der Waals surface area contributed by atoms with Gasteiger partial charge in [-0.05, 0) is 43.9 Å². The summed E-state index contributed by atoms with van der Waals surface area (Å²) in [5.41, 5.74) is -0.833. The monoisotopic (exact) mass is 515 g/mol. The van der Waals surface area contributed by atoms with Crippen molar-refractivity contribution in [2.24, 2.45) is 35.0 Å². The minimum Gasteiger partial charge on any atom is -0.454 e. The number of aliphatic hydroxyl groups excluding tert-OH is 1. The molecule has 0 spiro atoms. The van der Waals surface area contributed by atoms with Crippen LogP contribution in [0.2, 0.25) is 0 Å². The van der Waals surface area contributed by atoms with Crippen molar-refractivity contribution in [3.05, 3.63) is 34.6 Å². The highest BCUT2D eigenvalue weighted by molar-refractivity contribution is 6.00. The van der Waals surface area contributed by atoms with E-state index in [1.54, 1.807) is 25.9 Å². The molecule has 2 N–H and O–H groups in total. The van der Waals surface area contributed by atoms with E-state index in [0.29, 0.717) is 23.3 Å². The number of hydrogen-bond acceptors (Lipinski definition) is 8. The molecule has 4 rings (SSSR count). The first-order chi connectivity index (χ1) is 17.1. The third-order valence-corrected chi connectivity index (χ3v) is 9.55. The Balaban J connectivity index is 1.92. The van der Waals surface area contributed by atoms with Crippen LogP contribution in [0.15, 0.2) is 34.6 Å². The van der Waals surface area contributed by atoms with Crippen molar-refractivity contribution in [1.29, 1.82) is 0 Å². The van der Waals surface area contributed by atoms with Gasteiger partial charge >= 0.3 is 11.9 Å². The lowest BCUT2D eigenvalue weighted by Crippen LogP contribution is -2.63. The molecule has 0 aliphatic heterocycles. The topological polar surface area (TPSA) is 113 Å². The second-order valence-electron chi connectivity index (χ2n) is 12.4. The number of carbonyl (C=O) groups excluding carboxylic acids is 3. The first kappa shape index (κ1) is 27.6. The van der Waals surface area contributed by atoms with Gasteiger partial charge < -0.3 is 24.6 Å². The molecule has 0 aromatic rings. The van der Waals surface area contributed by atoms with E-state index in [4.69, 9.17) is 9.47 Å². The zero-order valence-electron chi connectivity index (χ0n) is 23.4. The lowest BCUT2D eigenvalue weighted by Gasteiger charge is -2.52. The molecule has 0 bridgehead atoms. The van der Waals surface area contributed by atoms with E-state index in [9.17, 15) is 24.6 Å². The number of Topliss-reactive ketones (excluding diaryl/α,β-unsaturated/α-hetero) is 1. The van der Waals surface area contributed by atoms with Crippen molar-refractivity contribution in [3.8, 4) is 0 Å². The van der Waals surface area contributed by atoms with Gasteiger partial charge in [0.05, 0.1) is 12.2 Å². The van der Waals surface area contributed by atoms with Gasteiger partial charge in [-0.2, -0.15) is 0 Å². The maximum absolute atomic E-state index is 13.6. The maximum atomic E-state index is 13.6. The summed E-state index contributed by atoms with van der Waals surface area (Å²) in [6.07, 6.45) is 3.13. The van der Waals surface area contributed by atoms with E-state index in [-0.39, 0.29) is 18.3 Å². The standard InChI is InChI=1S/C29H41NO7/c1-14(2)22(30(8)9)26(34)36-25-16(4)28(35)20-10-15(3)23(33)19(20)11-18(13-31)12-21(28)24-27(6,7)29(24,25)37-17(5)32/h10,12,16,19-21,24-25,31,35H,11,13H2,1-9H3. The molecule has 2 fully saturated rings. The lowest BCUT2D eigenvalue weighted by atomic mass is 9.60. The lowest BCUT2D eigenvalue weighted by molar-refractivity contribution is -0.218. The first-order valence-electron chi connectivity index (χ1n) is 13.1. The molecule has 0 aromatic carbocycles. The minimum atomic E-state index is -1.47. The van der Waals surface area contributed by atoms with Crippen molar-refractivity contribution in [3.63, 3.8) is 0 Å². The Bertz CT molecular complexity index is 1130. The number of allylic oxidation sites excluding steroid dienone is 2. The summed E-state index contributed by atoms with van der Waals surface area (Å²) in [7, 11) is 3.52. The van der Waals surface area contributed by atoms with Crippen LogP contribution in [0.25, 0.3) is 0 Å². The second-order valence-corrected chi connectivity index (χ2v) is 12.4. The zero-order chi connectivity index (χ0) is 27.8. The van der Waals surface area contributed by atoms with Gasteiger partial charge in [0.1, 0.15) is 11.8 Å². The molecule has 4 aliphatic carbocycles. The fourth-order valence-electron chi connectivity index (χ4n) is 8.00. The molecule has 0 aromatic heterocycles. The van der Waals surface area contributed by atoms with E-state index in [1.165, 1.54) is 6.92 Å². The Morgan fingerprint density at radius 1 is 1.14 bits per heavy atom. The van der Waals surface area contributed by atoms with Crippen molar-refractivity contribution in [1.82, 2.24) is 4.90 Å². The van der Waals surface area contributed by atoms with Crippen molar-refractivity contribution in [2.45, 2.75) is 72.2 Å². The number of aliphatic hydroxyl groups is 2. The highest BCUT2D eigenvalue weighted by Crippen LogP contribution is 2.77. The van der Waals surface area contributed by atoms with Gasteiger partial charge in [-0.15, -0.1) is 0 Å². The number of nitrogens with zero attached hydrogens (tertiary/aromatic N) is 1. The number of hydrogen-bond donors (Lipinski definition) is 2. The summed E-state index contributed by atoms with van der Waals surface area (Å²) in [6, 6.07) is 0.